The van der Waals surface area contributed by atoms with Crippen molar-refractivity contribution in [2.75, 3.05) is 0 Å². The average Bonchev–Trinajstić information content (AvgIpc) is 3.20. The first kappa shape index (κ1) is 16.2. The first-order valence-corrected chi connectivity index (χ1v) is 8.48. The van der Waals surface area contributed by atoms with Crippen molar-refractivity contribution in [3.63, 3.8) is 0 Å². The number of hydrogen-bond acceptors (Lipinski definition) is 3. The number of furan rings is 1. The Kier molecular flexibility index (Phi) is 3.35. The third kappa shape index (κ3) is 2.19. The minimum atomic E-state index is -0.165. The van der Waals surface area contributed by atoms with Gasteiger partial charge in [0.15, 0.2) is 0 Å². The highest BCUT2D eigenvalue weighted by atomic mass is 16.3. The van der Waals surface area contributed by atoms with Gasteiger partial charge in [0.1, 0.15) is 17.3 Å². The topological polar surface area (TPSA) is 74.2 Å². The SMILES string of the molecule is Cc1c(-c2coc3ccccc23)c(=O)n2cc(C(C)(C)C)[nH]c2c1C#N. The predicted octanol–water partition coefficient (Wildman–Crippen LogP) is 4.52. The minimum Gasteiger partial charge on any atom is -0.464 e. The molecular formula is C21H19N3O2. The molecule has 26 heavy (non-hydrogen) atoms. The summed E-state index contributed by atoms with van der Waals surface area (Å²) in [6.45, 7) is 8.00. The smallest absolute Gasteiger partial charge is 0.264 e. The zero-order valence-corrected chi connectivity index (χ0v) is 15.2. The lowest BCUT2D eigenvalue weighted by molar-refractivity contribution is 0.573. The Labute approximate surface area is 150 Å². The minimum absolute atomic E-state index is 0.158. The van der Waals surface area contributed by atoms with Crippen LogP contribution in [-0.2, 0) is 5.41 Å². The highest BCUT2D eigenvalue weighted by Crippen LogP contribution is 2.33. The number of aromatic amines is 1. The van der Waals surface area contributed by atoms with E-state index in [-0.39, 0.29) is 11.0 Å². The van der Waals surface area contributed by atoms with Crippen LogP contribution in [0.5, 0.6) is 0 Å². The van der Waals surface area contributed by atoms with Crippen LogP contribution in [0.15, 0.2) is 45.9 Å². The van der Waals surface area contributed by atoms with Gasteiger partial charge in [-0.2, -0.15) is 5.26 Å². The van der Waals surface area contributed by atoms with E-state index in [4.69, 9.17) is 4.42 Å². The number of H-pyrrole nitrogens is 1. The average molecular weight is 345 g/mol. The van der Waals surface area contributed by atoms with Crippen molar-refractivity contribution in [1.82, 2.24) is 9.38 Å². The maximum atomic E-state index is 13.3. The molecule has 0 saturated heterocycles. The van der Waals surface area contributed by atoms with Gasteiger partial charge in [0.2, 0.25) is 0 Å². The van der Waals surface area contributed by atoms with Gasteiger partial charge in [-0.25, -0.2) is 0 Å². The molecule has 4 rings (SSSR count). The van der Waals surface area contributed by atoms with Gasteiger partial charge in [0, 0.05) is 28.3 Å². The summed E-state index contributed by atoms with van der Waals surface area (Å²) >= 11 is 0. The molecule has 0 aliphatic rings. The fourth-order valence-corrected chi connectivity index (χ4v) is 3.35. The van der Waals surface area contributed by atoms with Crippen LogP contribution in [-0.4, -0.2) is 9.38 Å². The van der Waals surface area contributed by atoms with Gasteiger partial charge in [-0.05, 0) is 18.6 Å². The van der Waals surface area contributed by atoms with Gasteiger partial charge >= 0.3 is 0 Å². The van der Waals surface area contributed by atoms with Crippen LogP contribution in [0.25, 0.3) is 27.7 Å². The lowest BCUT2D eigenvalue weighted by atomic mass is 9.93. The summed E-state index contributed by atoms with van der Waals surface area (Å²) in [6, 6.07) is 9.84. The molecule has 0 aliphatic heterocycles. The van der Waals surface area contributed by atoms with Crippen LogP contribution in [0.2, 0.25) is 0 Å². The van der Waals surface area contributed by atoms with Crippen LogP contribution in [0, 0.1) is 18.3 Å². The lowest BCUT2D eigenvalue weighted by Gasteiger charge is -2.14. The van der Waals surface area contributed by atoms with E-state index in [1.165, 1.54) is 0 Å². The monoisotopic (exact) mass is 345 g/mol. The molecule has 0 bridgehead atoms. The number of aromatic nitrogens is 2. The lowest BCUT2D eigenvalue weighted by Crippen LogP contribution is -2.17. The molecule has 130 valence electrons. The molecule has 0 amide bonds. The van der Waals surface area contributed by atoms with Crippen molar-refractivity contribution in [3.8, 4) is 17.2 Å². The van der Waals surface area contributed by atoms with Gasteiger partial charge in [0.25, 0.3) is 5.56 Å². The molecule has 0 atom stereocenters. The maximum Gasteiger partial charge on any atom is 0.264 e. The van der Waals surface area contributed by atoms with E-state index in [9.17, 15) is 10.1 Å². The number of nitrogens with zero attached hydrogens (tertiary/aromatic N) is 2. The summed E-state index contributed by atoms with van der Waals surface area (Å²) < 4.78 is 7.16. The molecule has 0 saturated carbocycles. The van der Waals surface area contributed by atoms with Gasteiger partial charge in [-0.15, -0.1) is 0 Å². The van der Waals surface area contributed by atoms with Crippen molar-refractivity contribution in [2.24, 2.45) is 0 Å². The Morgan fingerprint density at radius 2 is 1.96 bits per heavy atom. The molecule has 0 radical (unpaired) electrons. The molecular weight excluding hydrogens is 326 g/mol. The normalized spacial score (nSPS) is 12.0. The number of nitriles is 1. The van der Waals surface area contributed by atoms with E-state index in [0.29, 0.717) is 33.5 Å². The zero-order valence-electron chi connectivity index (χ0n) is 15.2. The Hall–Kier alpha value is -3.26. The van der Waals surface area contributed by atoms with E-state index in [1.807, 2.05) is 31.2 Å². The van der Waals surface area contributed by atoms with Gasteiger partial charge in [-0.3, -0.25) is 9.20 Å². The predicted molar refractivity (Wildman–Crippen MR) is 101 cm³/mol. The molecule has 5 nitrogen and oxygen atoms in total. The second-order valence-electron chi connectivity index (χ2n) is 7.57. The largest absolute Gasteiger partial charge is 0.464 e. The maximum absolute atomic E-state index is 13.3. The quantitative estimate of drug-likeness (QED) is 0.551. The first-order valence-electron chi connectivity index (χ1n) is 8.48. The molecule has 0 aliphatic carbocycles. The summed E-state index contributed by atoms with van der Waals surface area (Å²) in [5.41, 5.74) is 4.18. The third-order valence-electron chi connectivity index (χ3n) is 4.84. The number of fused-ring (bicyclic) bond motifs is 2. The van der Waals surface area contributed by atoms with Crippen molar-refractivity contribution in [1.29, 1.82) is 5.26 Å². The molecule has 4 aromatic rings. The summed E-state index contributed by atoms with van der Waals surface area (Å²) in [5.74, 6) is 0. The van der Waals surface area contributed by atoms with Crippen LogP contribution in [0.4, 0.5) is 0 Å². The second-order valence-corrected chi connectivity index (χ2v) is 7.57. The molecule has 0 spiro atoms. The number of nitrogens with one attached hydrogen (secondary N) is 1. The molecule has 0 fully saturated rings. The number of imidazole rings is 1. The van der Waals surface area contributed by atoms with Gasteiger partial charge < -0.3 is 9.40 Å². The van der Waals surface area contributed by atoms with Gasteiger partial charge in [0.05, 0.1) is 17.4 Å². The van der Waals surface area contributed by atoms with E-state index in [1.54, 1.807) is 16.9 Å². The molecule has 0 unspecified atom stereocenters. The molecule has 3 heterocycles. The highest BCUT2D eigenvalue weighted by Gasteiger charge is 2.23. The first-order chi connectivity index (χ1) is 12.3. The molecule has 3 aromatic heterocycles. The fraction of sp³-hybridized carbons (Fsp3) is 0.238. The van der Waals surface area contributed by atoms with Crippen molar-refractivity contribution in [3.05, 3.63) is 63.9 Å². The van der Waals surface area contributed by atoms with Crippen molar-refractivity contribution < 1.29 is 4.42 Å². The number of para-hydroxylation sites is 1. The second kappa shape index (κ2) is 5.37. The zero-order chi connectivity index (χ0) is 18.6. The highest BCUT2D eigenvalue weighted by molar-refractivity contribution is 5.95. The fourth-order valence-electron chi connectivity index (χ4n) is 3.35. The van der Waals surface area contributed by atoms with Crippen LogP contribution < -0.4 is 5.56 Å². The Bertz CT molecular complexity index is 1260. The Morgan fingerprint density at radius 1 is 1.23 bits per heavy atom. The third-order valence-corrected chi connectivity index (χ3v) is 4.84. The van der Waals surface area contributed by atoms with E-state index in [2.05, 4.69) is 31.8 Å². The summed E-state index contributed by atoms with van der Waals surface area (Å²) in [6.07, 6.45) is 3.39. The molecule has 5 heteroatoms. The van der Waals surface area contributed by atoms with E-state index in [0.717, 1.165) is 11.1 Å². The Morgan fingerprint density at radius 3 is 2.65 bits per heavy atom. The van der Waals surface area contributed by atoms with E-state index >= 15 is 0 Å². The molecule has 1 N–H and O–H groups in total. The van der Waals surface area contributed by atoms with Gasteiger partial charge in [-0.1, -0.05) is 39.0 Å². The van der Waals surface area contributed by atoms with Crippen molar-refractivity contribution in [2.45, 2.75) is 33.1 Å². The Balaban J connectivity index is 2.14. The van der Waals surface area contributed by atoms with Crippen LogP contribution in [0.1, 0.15) is 37.6 Å². The van der Waals surface area contributed by atoms with Crippen molar-refractivity contribution >= 4 is 16.6 Å². The standard InChI is InChI=1S/C21H19N3O2/c1-12-14(9-22)19-23-17(21(2,3)4)10-24(19)20(25)18(12)15-11-26-16-8-6-5-7-13(15)16/h5-8,10-11,23H,1-4H3. The number of benzene rings is 1. The number of rotatable bonds is 1. The number of hydrogen-bond donors (Lipinski definition) is 1. The summed E-state index contributed by atoms with van der Waals surface area (Å²) in [7, 11) is 0. The van der Waals surface area contributed by atoms with Crippen LogP contribution in [0.3, 0.4) is 0 Å². The summed E-state index contributed by atoms with van der Waals surface area (Å²) in [4.78, 5) is 16.6. The summed E-state index contributed by atoms with van der Waals surface area (Å²) in [5, 5.41) is 10.6. The number of pyridine rings is 1. The molecule has 1 aromatic carbocycles. The van der Waals surface area contributed by atoms with Crippen LogP contribution >= 0.6 is 0 Å². The van der Waals surface area contributed by atoms with E-state index < -0.39 is 0 Å².